The van der Waals surface area contributed by atoms with Crippen molar-refractivity contribution in [3.63, 3.8) is 0 Å². The summed E-state index contributed by atoms with van der Waals surface area (Å²) in [4.78, 5) is 17.1. The second-order valence-corrected chi connectivity index (χ2v) is 4.41. The number of cyclic esters (lactones) is 1. The van der Waals surface area contributed by atoms with Crippen LogP contribution < -0.4 is 4.90 Å². The van der Waals surface area contributed by atoms with Crippen LogP contribution in [0.25, 0.3) is 0 Å². The van der Waals surface area contributed by atoms with Crippen LogP contribution in [0.2, 0.25) is 0 Å². The number of halogens is 3. The van der Waals surface area contributed by atoms with Gasteiger partial charge in [-0.05, 0) is 30.3 Å². The van der Waals surface area contributed by atoms with Crippen molar-refractivity contribution in [2.24, 2.45) is 0 Å². The Hall–Kier alpha value is -2.57. The number of ether oxygens (including phenoxy) is 1. The normalized spacial score (nSPS) is 14.6. The van der Waals surface area contributed by atoms with Gasteiger partial charge in [0.15, 0.2) is 6.73 Å². The van der Waals surface area contributed by atoms with Crippen LogP contribution in [0.5, 0.6) is 0 Å². The average molecular weight is 294 g/mol. The van der Waals surface area contributed by atoms with E-state index in [9.17, 15) is 18.0 Å². The van der Waals surface area contributed by atoms with Crippen LogP contribution in [0.4, 0.5) is 24.7 Å². The van der Waals surface area contributed by atoms with E-state index in [4.69, 9.17) is 4.74 Å². The predicted molar refractivity (Wildman–Crippen MR) is 68.1 cm³/mol. The molecule has 7 heteroatoms. The molecule has 0 aliphatic carbocycles. The zero-order valence-electron chi connectivity index (χ0n) is 10.6. The lowest BCUT2D eigenvalue weighted by atomic mass is 10.1. The van der Waals surface area contributed by atoms with Gasteiger partial charge in [-0.1, -0.05) is 6.07 Å². The van der Waals surface area contributed by atoms with Crippen molar-refractivity contribution in [1.82, 2.24) is 4.98 Å². The fourth-order valence-corrected chi connectivity index (χ4v) is 2.08. The maximum absolute atomic E-state index is 12.8. The number of esters is 1. The number of pyridine rings is 1. The highest BCUT2D eigenvalue weighted by atomic mass is 19.4. The van der Waals surface area contributed by atoms with E-state index < -0.39 is 17.7 Å². The van der Waals surface area contributed by atoms with Crippen molar-refractivity contribution < 1.29 is 22.7 Å². The first kappa shape index (κ1) is 13.4. The molecule has 1 aliphatic heterocycles. The zero-order valence-corrected chi connectivity index (χ0v) is 10.6. The SMILES string of the molecule is O=C1OCN(c2cccc(C(F)(F)F)c2)c2ncccc21. The minimum absolute atomic E-state index is 0.176. The van der Waals surface area contributed by atoms with Crippen LogP contribution >= 0.6 is 0 Å². The van der Waals surface area contributed by atoms with Gasteiger partial charge in [0.2, 0.25) is 0 Å². The molecule has 0 bridgehead atoms. The van der Waals surface area contributed by atoms with Crippen LogP contribution in [0.3, 0.4) is 0 Å². The molecule has 21 heavy (non-hydrogen) atoms. The van der Waals surface area contributed by atoms with Gasteiger partial charge >= 0.3 is 12.1 Å². The molecule has 1 aliphatic rings. The quantitative estimate of drug-likeness (QED) is 0.756. The highest BCUT2D eigenvalue weighted by molar-refractivity contribution is 5.97. The summed E-state index contributed by atoms with van der Waals surface area (Å²) >= 11 is 0. The number of carbonyl (C=O) groups is 1. The van der Waals surface area contributed by atoms with Gasteiger partial charge in [-0.2, -0.15) is 13.2 Å². The number of benzene rings is 1. The summed E-state index contributed by atoms with van der Waals surface area (Å²) in [6.45, 7) is -0.176. The third-order valence-corrected chi connectivity index (χ3v) is 3.07. The van der Waals surface area contributed by atoms with Gasteiger partial charge in [-0.25, -0.2) is 9.78 Å². The molecule has 4 nitrogen and oxygen atoms in total. The highest BCUT2D eigenvalue weighted by Gasteiger charge is 2.32. The average Bonchev–Trinajstić information content (AvgIpc) is 2.47. The largest absolute Gasteiger partial charge is 0.440 e. The number of aromatic nitrogens is 1. The number of anilines is 2. The second kappa shape index (κ2) is 4.76. The number of alkyl halides is 3. The number of rotatable bonds is 1. The van der Waals surface area contributed by atoms with Crippen LogP contribution in [-0.2, 0) is 10.9 Å². The molecular weight excluding hydrogens is 285 g/mol. The Morgan fingerprint density at radius 1 is 1.19 bits per heavy atom. The van der Waals surface area contributed by atoms with Gasteiger partial charge in [0.1, 0.15) is 11.4 Å². The van der Waals surface area contributed by atoms with Gasteiger partial charge in [-0.3, -0.25) is 4.90 Å². The standard InChI is InChI=1S/C14H9F3N2O2/c15-14(16,17)9-3-1-4-10(7-9)19-8-21-13(20)11-5-2-6-18-12(11)19/h1-7H,8H2. The fourth-order valence-electron chi connectivity index (χ4n) is 2.08. The van der Waals surface area contributed by atoms with Crippen molar-refractivity contribution in [2.45, 2.75) is 6.18 Å². The Kier molecular flexibility index (Phi) is 3.04. The second-order valence-electron chi connectivity index (χ2n) is 4.41. The summed E-state index contributed by atoms with van der Waals surface area (Å²) in [5.74, 6) is -0.255. The molecule has 0 N–H and O–H groups in total. The minimum atomic E-state index is -4.44. The molecule has 108 valence electrons. The maximum atomic E-state index is 12.8. The number of nitrogens with zero attached hydrogens (tertiary/aromatic N) is 2. The molecule has 0 fully saturated rings. The number of carbonyl (C=O) groups excluding carboxylic acids is 1. The van der Waals surface area contributed by atoms with Crippen molar-refractivity contribution in [1.29, 1.82) is 0 Å². The lowest BCUT2D eigenvalue weighted by Gasteiger charge is -2.29. The van der Waals surface area contributed by atoms with E-state index in [1.807, 2.05) is 0 Å². The third-order valence-electron chi connectivity index (χ3n) is 3.07. The van der Waals surface area contributed by atoms with E-state index in [0.29, 0.717) is 0 Å². The first-order valence-electron chi connectivity index (χ1n) is 6.04. The number of hydrogen-bond donors (Lipinski definition) is 0. The molecule has 0 spiro atoms. The van der Waals surface area contributed by atoms with E-state index in [1.54, 1.807) is 6.07 Å². The predicted octanol–water partition coefficient (Wildman–Crippen LogP) is 3.37. The summed E-state index contributed by atoms with van der Waals surface area (Å²) in [5.41, 5.74) is -0.284. The molecule has 0 radical (unpaired) electrons. The molecule has 0 saturated carbocycles. The molecule has 2 aromatic rings. The van der Waals surface area contributed by atoms with E-state index in [0.717, 1.165) is 12.1 Å². The Bertz CT molecular complexity index is 701. The monoisotopic (exact) mass is 294 g/mol. The molecular formula is C14H9F3N2O2. The van der Waals surface area contributed by atoms with E-state index in [1.165, 1.54) is 29.3 Å². The van der Waals surface area contributed by atoms with Gasteiger partial charge in [0.25, 0.3) is 0 Å². The number of hydrogen-bond acceptors (Lipinski definition) is 4. The van der Waals surface area contributed by atoms with Crippen LogP contribution in [0.15, 0.2) is 42.6 Å². The van der Waals surface area contributed by atoms with Crippen LogP contribution in [0.1, 0.15) is 15.9 Å². The summed E-state index contributed by atoms with van der Waals surface area (Å²) < 4.78 is 43.3. The first-order chi connectivity index (χ1) is 9.97. The maximum Gasteiger partial charge on any atom is 0.416 e. The molecule has 1 aromatic carbocycles. The topological polar surface area (TPSA) is 42.4 Å². The summed E-state index contributed by atoms with van der Waals surface area (Å²) in [7, 11) is 0. The smallest absolute Gasteiger partial charge is 0.416 e. The van der Waals surface area contributed by atoms with Crippen LogP contribution in [0, 0.1) is 0 Å². The zero-order chi connectivity index (χ0) is 15.0. The minimum Gasteiger partial charge on any atom is -0.440 e. The highest BCUT2D eigenvalue weighted by Crippen LogP contribution is 2.35. The summed E-state index contributed by atoms with van der Waals surface area (Å²) in [6.07, 6.45) is -2.96. The fraction of sp³-hybridized carbons (Fsp3) is 0.143. The molecule has 0 unspecified atom stereocenters. The van der Waals surface area contributed by atoms with E-state index in [-0.39, 0.29) is 23.8 Å². The van der Waals surface area contributed by atoms with E-state index >= 15 is 0 Å². The molecule has 0 saturated heterocycles. The van der Waals surface area contributed by atoms with Crippen molar-refractivity contribution in [3.05, 3.63) is 53.7 Å². The van der Waals surface area contributed by atoms with Gasteiger partial charge in [0, 0.05) is 11.9 Å². The van der Waals surface area contributed by atoms with Crippen molar-refractivity contribution in [2.75, 3.05) is 11.6 Å². The Labute approximate surface area is 117 Å². The number of fused-ring (bicyclic) bond motifs is 1. The molecule has 0 atom stereocenters. The summed E-state index contributed by atoms with van der Waals surface area (Å²) in [5, 5.41) is 0. The lowest BCUT2D eigenvalue weighted by Crippen LogP contribution is -2.31. The molecule has 2 heterocycles. The van der Waals surface area contributed by atoms with Gasteiger partial charge in [0.05, 0.1) is 5.56 Å². The van der Waals surface area contributed by atoms with Gasteiger partial charge in [-0.15, -0.1) is 0 Å². The van der Waals surface area contributed by atoms with E-state index in [2.05, 4.69) is 4.98 Å². The van der Waals surface area contributed by atoms with Crippen molar-refractivity contribution in [3.8, 4) is 0 Å². The Morgan fingerprint density at radius 2 is 2.00 bits per heavy atom. The third kappa shape index (κ3) is 2.42. The van der Waals surface area contributed by atoms with Gasteiger partial charge < -0.3 is 4.74 Å². The Morgan fingerprint density at radius 3 is 2.76 bits per heavy atom. The first-order valence-corrected chi connectivity index (χ1v) is 6.04. The lowest BCUT2D eigenvalue weighted by molar-refractivity contribution is -0.137. The molecule has 0 amide bonds. The molecule has 1 aromatic heterocycles. The van der Waals surface area contributed by atoms with Crippen LogP contribution in [-0.4, -0.2) is 17.7 Å². The molecule has 3 rings (SSSR count). The van der Waals surface area contributed by atoms with Crippen molar-refractivity contribution >= 4 is 17.5 Å². The Balaban J connectivity index is 2.06. The summed E-state index contributed by atoms with van der Waals surface area (Å²) in [6, 6.07) is 7.88.